The second-order valence-corrected chi connectivity index (χ2v) is 4.80. The maximum atomic E-state index is 13.5. The lowest BCUT2D eigenvalue weighted by molar-refractivity contribution is -0.385. The first kappa shape index (κ1) is 15.1. The van der Waals surface area contributed by atoms with Crippen LogP contribution in [0.2, 0.25) is 0 Å². The molecule has 1 aromatic rings. The first-order chi connectivity index (χ1) is 9.93. The molecule has 0 spiro atoms. The number of carbonyl (C=O) groups is 1. The molecule has 1 heterocycles. The van der Waals surface area contributed by atoms with Crippen LogP contribution < -0.4 is 11.3 Å². The number of aliphatic hydroxyl groups excluding tert-OH is 1. The van der Waals surface area contributed by atoms with E-state index in [1.54, 1.807) is 0 Å². The summed E-state index contributed by atoms with van der Waals surface area (Å²) in [6.45, 7) is 0.481. The monoisotopic (exact) mass is 298 g/mol. The zero-order chi connectivity index (χ0) is 15.6. The SMILES string of the molecule is NNc1cc(C(=O)N2CCCC(O)C2)c([N+](=O)[O-])cc1F. The number of halogens is 1. The Morgan fingerprint density at radius 1 is 1.57 bits per heavy atom. The number of hydrogen-bond donors (Lipinski definition) is 3. The number of nitrogen functional groups attached to an aromatic ring is 1. The number of nitrogens with two attached hydrogens (primary N) is 1. The molecule has 2 rings (SSSR count). The molecule has 1 aromatic carbocycles. The first-order valence-corrected chi connectivity index (χ1v) is 6.36. The molecule has 1 aliphatic heterocycles. The van der Waals surface area contributed by atoms with Crippen molar-refractivity contribution in [2.24, 2.45) is 5.84 Å². The van der Waals surface area contributed by atoms with Crippen LogP contribution in [-0.2, 0) is 0 Å². The van der Waals surface area contributed by atoms with Crippen molar-refractivity contribution in [1.82, 2.24) is 4.90 Å². The molecule has 1 amide bonds. The molecule has 0 aliphatic carbocycles. The highest BCUT2D eigenvalue weighted by Crippen LogP contribution is 2.27. The van der Waals surface area contributed by atoms with E-state index in [0.29, 0.717) is 25.5 Å². The van der Waals surface area contributed by atoms with Gasteiger partial charge in [-0.25, -0.2) is 4.39 Å². The van der Waals surface area contributed by atoms with Crippen LogP contribution in [0.1, 0.15) is 23.2 Å². The second kappa shape index (κ2) is 6.02. The summed E-state index contributed by atoms with van der Waals surface area (Å²) in [6.07, 6.45) is 0.517. The number of benzene rings is 1. The van der Waals surface area contributed by atoms with Crippen molar-refractivity contribution in [3.63, 3.8) is 0 Å². The Bertz CT molecular complexity index is 581. The fourth-order valence-electron chi connectivity index (χ4n) is 2.31. The average Bonchev–Trinajstić information content (AvgIpc) is 2.46. The molecule has 1 fully saturated rings. The minimum absolute atomic E-state index is 0.0960. The number of amides is 1. The van der Waals surface area contributed by atoms with Crippen molar-refractivity contribution in [3.05, 3.63) is 33.6 Å². The summed E-state index contributed by atoms with van der Waals surface area (Å²) in [7, 11) is 0. The quantitative estimate of drug-likeness (QED) is 0.427. The summed E-state index contributed by atoms with van der Waals surface area (Å²) in [5.41, 5.74) is 0.955. The van der Waals surface area contributed by atoms with Gasteiger partial charge in [0.25, 0.3) is 11.6 Å². The van der Waals surface area contributed by atoms with Gasteiger partial charge in [-0.3, -0.25) is 20.8 Å². The molecule has 0 radical (unpaired) electrons. The van der Waals surface area contributed by atoms with Crippen LogP contribution in [0.3, 0.4) is 0 Å². The summed E-state index contributed by atoms with van der Waals surface area (Å²) in [6, 6.07) is 1.67. The lowest BCUT2D eigenvalue weighted by atomic mass is 10.1. The molecular formula is C12H15FN4O4. The summed E-state index contributed by atoms with van der Waals surface area (Å²) in [5.74, 6) is 3.58. The topological polar surface area (TPSA) is 122 Å². The van der Waals surface area contributed by atoms with Gasteiger partial charge in [-0.2, -0.15) is 0 Å². The van der Waals surface area contributed by atoms with Crippen LogP contribution in [-0.4, -0.2) is 40.0 Å². The predicted octanol–water partition coefficient (Wildman–Crippen LogP) is 0.616. The Morgan fingerprint density at radius 3 is 2.86 bits per heavy atom. The number of hydrazine groups is 1. The van der Waals surface area contributed by atoms with Crippen LogP contribution in [0.5, 0.6) is 0 Å². The van der Waals surface area contributed by atoms with E-state index < -0.39 is 28.4 Å². The Labute approximate surface area is 119 Å². The van der Waals surface area contributed by atoms with Crippen molar-refractivity contribution in [3.8, 4) is 0 Å². The molecule has 1 saturated heterocycles. The van der Waals surface area contributed by atoms with E-state index in [2.05, 4.69) is 5.43 Å². The molecule has 0 bridgehead atoms. The summed E-state index contributed by atoms with van der Waals surface area (Å²) in [4.78, 5) is 23.9. The lowest BCUT2D eigenvalue weighted by Crippen LogP contribution is -2.42. The molecular weight excluding hydrogens is 283 g/mol. The van der Waals surface area contributed by atoms with E-state index in [1.807, 2.05) is 0 Å². The van der Waals surface area contributed by atoms with Crippen molar-refractivity contribution in [2.45, 2.75) is 18.9 Å². The van der Waals surface area contributed by atoms with Gasteiger partial charge in [-0.15, -0.1) is 0 Å². The fourth-order valence-corrected chi connectivity index (χ4v) is 2.31. The highest BCUT2D eigenvalue weighted by atomic mass is 19.1. The van der Waals surface area contributed by atoms with Crippen molar-refractivity contribution in [1.29, 1.82) is 0 Å². The second-order valence-electron chi connectivity index (χ2n) is 4.80. The number of piperidine rings is 1. The van der Waals surface area contributed by atoms with Crippen molar-refractivity contribution < 1.29 is 19.2 Å². The number of β-amino-alcohol motifs (C(OH)–C–C–N with tert-alkyl or cyclic N) is 1. The molecule has 1 aliphatic rings. The van der Waals surface area contributed by atoms with Gasteiger partial charge in [-0.1, -0.05) is 0 Å². The summed E-state index contributed by atoms with van der Waals surface area (Å²) < 4.78 is 13.5. The zero-order valence-electron chi connectivity index (χ0n) is 11.1. The normalized spacial score (nSPS) is 18.4. The van der Waals surface area contributed by atoms with Crippen molar-refractivity contribution in [2.75, 3.05) is 18.5 Å². The smallest absolute Gasteiger partial charge is 0.285 e. The van der Waals surface area contributed by atoms with Gasteiger partial charge >= 0.3 is 0 Å². The number of nitrogens with zero attached hydrogens (tertiary/aromatic N) is 2. The van der Waals surface area contributed by atoms with Crippen LogP contribution in [0, 0.1) is 15.9 Å². The number of carbonyl (C=O) groups excluding carboxylic acids is 1. The molecule has 1 unspecified atom stereocenters. The number of nitro groups is 1. The van der Waals surface area contributed by atoms with Gasteiger partial charge in [0.05, 0.1) is 22.8 Å². The Hall–Kier alpha value is -2.26. The third-order valence-corrected chi connectivity index (χ3v) is 3.35. The minimum atomic E-state index is -0.917. The van der Waals surface area contributed by atoms with E-state index in [-0.39, 0.29) is 17.8 Å². The van der Waals surface area contributed by atoms with Crippen LogP contribution in [0.15, 0.2) is 12.1 Å². The minimum Gasteiger partial charge on any atom is -0.391 e. The standard InChI is InChI=1S/C12H15FN4O4/c13-9-5-11(17(20)21)8(4-10(9)15-14)12(19)16-3-1-2-7(18)6-16/h4-5,7,15,18H,1-3,6,14H2. The maximum Gasteiger partial charge on any atom is 0.285 e. The van der Waals surface area contributed by atoms with Crippen molar-refractivity contribution >= 4 is 17.3 Å². The average molecular weight is 298 g/mol. The van der Waals surface area contributed by atoms with Gasteiger partial charge in [-0.05, 0) is 18.9 Å². The highest BCUT2D eigenvalue weighted by molar-refractivity contribution is 5.99. The van der Waals surface area contributed by atoms with Gasteiger partial charge < -0.3 is 15.4 Å². The van der Waals surface area contributed by atoms with Gasteiger partial charge in [0.2, 0.25) is 0 Å². The van der Waals surface area contributed by atoms with E-state index >= 15 is 0 Å². The first-order valence-electron chi connectivity index (χ1n) is 6.36. The molecule has 114 valence electrons. The Morgan fingerprint density at radius 2 is 2.29 bits per heavy atom. The van der Waals surface area contributed by atoms with E-state index in [0.717, 1.165) is 6.07 Å². The largest absolute Gasteiger partial charge is 0.391 e. The third-order valence-electron chi connectivity index (χ3n) is 3.35. The number of aliphatic hydroxyl groups is 1. The molecule has 1 atom stereocenters. The summed E-state index contributed by atoms with van der Waals surface area (Å²) >= 11 is 0. The van der Waals surface area contributed by atoms with E-state index in [1.165, 1.54) is 4.90 Å². The van der Waals surface area contributed by atoms with Crippen LogP contribution in [0.25, 0.3) is 0 Å². The van der Waals surface area contributed by atoms with E-state index in [9.17, 15) is 24.4 Å². The number of hydrogen-bond acceptors (Lipinski definition) is 6. The highest BCUT2D eigenvalue weighted by Gasteiger charge is 2.29. The number of rotatable bonds is 3. The van der Waals surface area contributed by atoms with Crippen LogP contribution in [0.4, 0.5) is 15.8 Å². The molecule has 4 N–H and O–H groups in total. The van der Waals surface area contributed by atoms with Gasteiger partial charge in [0, 0.05) is 13.1 Å². The predicted molar refractivity (Wildman–Crippen MR) is 72.0 cm³/mol. The van der Waals surface area contributed by atoms with Crippen LogP contribution >= 0.6 is 0 Å². The number of anilines is 1. The number of nitrogens with one attached hydrogen (secondary N) is 1. The number of nitro benzene ring substituents is 1. The third kappa shape index (κ3) is 3.09. The molecule has 0 saturated carbocycles. The Kier molecular flexibility index (Phi) is 4.34. The molecule has 0 aromatic heterocycles. The summed E-state index contributed by atoms with van der Waals surface area (Å²) in [5, 5.41) is 20.6. The van der Waals surface area contributed by atoms with Gasteiger partial charge in [0.15, 0.2) is 5.82 Å². The fraction of sp³-hybridized carbons (Fsp3) is 0.417. The Balaban J connectivity index is 2.40. The molecule has 8 nitrogen and oxygen atoms in total. The van der Waals surface area contributed by atoms with E-state index in [4.69, 9.17) is 5.84 Å². The maximum absolute atomic E-state index is 13.5. The number of likely N-dealkylation sites (tertiary alicyclic amines) is 1. The molecule has 21 heavy (non-hydrogen) atoms. The lowest BCUT2D eigenvalue weighted by Gasteiger charge is -2.30. The molecule has 9 heteroatoms. The van der Waals surface area contributed by atoms with Gasteiger partial charge in [0.1, 0.15) is 5.56 Å². The zero-order valence-corrected chi connectivity index (χ0v) is 11.1.